The number of para-hydroxylation sites is 1. The molecule has 0 aliphatic carbocycles. The highest BCUT2D eigenvalue weighted by atomic mass is 79.9. The van der Waals surface area contributed by atoms with Crippen molar-refractivity contribution in [2.24, 2.45) is 5.73 Å². The highest BCUT2D eigenvalue weighted by molar-refractivity contribution is 9.10. The van der Waals surface area contributed by atoms with Gasteiger partial charge in [-0.1, -0.05) is 18.2 Å². The maximum Gasteiger partial charge on any atom is 0.136 e. The first-order chi connectivity index (χ1) is 8.25. The van der Waals surface area contributed by atoms with Crippen molar-refractivity contribution in [1.29, 1.82) is 0 Å². The van der Waals surface area contributed by atoms with Gasteiger partial charge < -0.3 is 10.5 Å². The molecule has 0 amide bonds. The molecule has 2 aromatic rings. The molecule has 2 N–H and O–H groups in total. The number of halogens is 1. The molecule has 3 rings (SSSR count). The average Bonchev–Trinajstić information content (AvgIpc) is 2.75. The van der Waals surface area contributed by atoms with Gasteiger partial charge in [0.25, 0.3) is 0 Å². The fourth-order valence-electron chi connectivity index (χ4n) is 2.15. The van der Waals surface area contributed by atoms with Crippen molar-refractivity contribution in [2.75, 3.05) is 0 Å². The van der Waals surface area contributed by atoms with E-state index in [1.165, 1.54) is 4.88 Å². The summed E-state index contributed by atoms with van der Waals surface area (Å²) in [6, 6.07) is 10.1. The van der Waals surface area contributed by atoms with Gasteiger partial charge >= 0.3 is 0 Å². The number of hydrogen-bond acceptors (Lipinski definition) is 3. The second-order valence-corrected chi connectivity index (χ2v) is 5.92. The Hall–Kier alpha value is -0.840. The van der Waals surface area contributed by atoms with E-state index in [0.29, 0.717) is 0 Å². The molecule has 0 radical (unpaired) electrons. The van der Waals surface area contributed by atoms with E-state index in [9.17, 15) is 0 Å². The summed E-state index contributed by atoms with van der Waals surface area (Å²) in [4.78, 5) is 1.22. The van der Waals surface area contributed by atoms with E-state index in [1.807, 2.05) is 24.3 Å². The molecule has 1 aromatic heterocycles. The lowest BCUT2D eigenvalue weighted by atomic mass is 9.97. The minimum absolute atomic E-state index is 0.0546. The van der Waals surface area contributed by atoms with Crippen LogP contribution in [0.4, 0.5) is 0 Å². The molecule has 2 nitrogen and oxygen atoms in total. The second-order valence-electron chi connectivity index (χ2n) is 4.12. The normalized spacial score (nSPS) is 22.9. The fraction of sp³-hybridized carbons (Fsp3) is 0.231. The summed E-state index contributed by atoms with van der Waals surface area (Å²) in [6.45, 7) is 0. The van der Waals surface area contributed by atoms with E-state index in [0.717, 1.165) is 22.2 Å². The van der Waals surface area contributed by atoms with Crippen molar-refractivity contribution in [3.05, 3.63) is 50.6 Å². The summed E-state index contributed by atoms with van der Waals surface area (Å²) in [5.41, 5.74) is 7.31. The van der Waals surface area contributed by atoms with Gasteiger partial charge in [0.15, 0.2) is 0 Å². The lowest BCUT2D eigenvalue weighted by Crippen LogP contribution is -2.23. The number of benzene rings is 1. The topological polar surface area (TPSA) is 35.2 Å². The molecule has 1 unspecified atom stereocenters. The SMILES string of the molecule is N[C@@H]1CC(c2sccc2Br)Oc2ccccc21. The van der Waals surface area contributed by atoms with Crippen LogP contribution in [0, 0.1) is 0 Å². The van der Waals surface area contributed by atoms with E-state index < -0.39 is 0 Å². The minimum Gasteiger partial charge on any atom is -0.484 e. The van der Waals surface area contributed by atoms with Crippen LogP contribution in [0.15, 0.2) is 40.2 Å². The van der Waals surface area contributed by atoms with Gasteiger partial charge in [-0.15, -0.1) is 11.3 Å². The van der Waals surface area contributed by atoms with Gasteiger partial charge in [-0.25, -0.2) is 0 Å². The Morgan fingerprint density at radius 2 is 2.12 bits per heavy atom. The summed E-state index contributed by atoms with van der Waals surface area (Å²) in [7, 11) is 0. The highest BCUT2D eigenvalue weighted by Gasteiger charge is 2.28. The van der Waals surface area contributed by atoms with Gasteiger partial charge in [0, 0.05) is 22.5 Å². The largest absolute Gasteiger partial charge is 0.484 e. The summed E-state index contributed by atoms with van der Waals surface area (Å²) in [5.74, 6) is 0.913. The number of nitrogens with two attached hydrogens (primary N) is 1. The van der Waals surface area contributed by atoms with Gasteiger partial charge in [-0.2, -0.15) is 0 Å². The predicted molar refractivity (Wildman–Crippen MR) is 73.4 cm³/mol. The van der Waals surface area contributed by atoms with Crippen LogP contribution in [0.1, 0.15) is 29.0 Å². The first-order valence-electron chi connectivity index (χ1n) is 5.50. The molecule has 88 valence electrons. The van der Waals surface area contributed by atoms with Gasteiger partial charge in [0.2, 0.25) is 0 Å². The van der Waals surface area contributed by atoms with E-state index in [1.54, 1.807) is 11.3 Å². The number of ether oxygens (including phenoxy) is 1. The van der Waals surface area contributed by atoms with Gasteiger partial charge in [0.1, 0.15) is 11.9 Å². The van der Waals surface area contributed by atoms with Crippen molar-refractivity contribution >= 4 is 27.3 Å². The Labute approximate surface area is 113 Å². The first-order valence-corrected chi connectivity index (χ1v) is 7.17. The zero-order chi connectivity index (χ0) is 11.8. The lowest BCUT2D eigenvalue weighted by molar-refractivity contribution is 0.164. The van der Waals surface area contributed by atoms with E-state index in [4.69, 9.17) is 10.5 Å². The number of rotatable bonds is 1. The third kappa shape index (κ3) is 2.01. The van der Waals surface area contributed by atoms with Gasteiger partial charge in [-0.05, 0) is 33.4 Å². The Morgan fingerprint density at radius 1 is 1.29 bits per heavy atom. The number of thiophene rings is 1. The molecule has 2 atom stereocenters. The number of fused-ring (bicyclic) bond motifs is 1. The van der Waals surface area contributed by atoms with E-state index in [2.05, 4.69) is 27.4 Å². The summed E-state index contributed by atoms with van der Waals surface area (Å²) in [5, 5.41) is 2.06. The molecule has 4 heteroatoms. The van der Waals surface area contributed by atoms with Crippen molar-refractivity contribution in [3.8, 4) is 5.75 Å². The Morgan fingerprint density at radius 3 is 2.88 bits per heavy atom. The Balaban J connectivity index is 1.96. The van der Waals surface area contributed by atoms with Crippen molar-refractivity contribution in [3.63, 3.8) is 0 Å². The van der Waals surface area contributed by atoms with E-state index in [-0.39, 0.29) is 12.1 Å². The van der Waals surface area contributed by atoms with Gasteiger partial charge in [0.05, 0.1) is 4.88 Å². The average molecular weight is 310 g/mol. The molecule has 0 fully saturated rings. The molecule has 1 aliphatic rings. The predicted octanol–water partition coefficient (Wildman–Crippen LogP) is 4.03. The summed E-state index contributed by atoms with van der Waals surface area (Å²) in [6.07, 6.45) is 0.894. The van der Waals surface area contributed by atoms with Crippen LogP contribution in [-0.4, -0.2) is 0 Å². The minimum atomic E-state index is 0.0546. The smallest absolute Gasteiger partial charge is 0.136 e. The van der Waals surface area contributed by atoms with Crippen molar-refractivity contribution < 1.29 is 4.74 Å². The quantitative estimate of drug-likeness (QED) is 0.863. The number of hydrogen-bond donors (Lipinski definition) is 1. The second kappa shape index (κ2) is 4.44. The van der Waals surface area contributed by atoms with Crippen LogP contribution in [0.5, 0.6) is 5.75 Å². The molecular weight excluding hydrogens is 298 g/mol. The molecule has 1 aromatic carbocycles. The summed E-state index contributed by atoms with van der Waals surface area (Å²) < 4.78 is 7.14. The standard InChI is InChI=1S/C13H12BrNOS/c14-9-5-6-17-13(9)12-7-10(15)8-3-1-2-4-11(8)16-12/h1-6,10,12H,7,15H2/t10-,12?/m1/s1. The first kappa shape index (κ1) is 11.3. The van der Waals surface area contributed by atoms with Crippen molar-refractivity contribution in [2.45, 2.75) is 18.6 Å². The van der Waals surface area contributed by atoms with Crippen molar-refractivity contribution in [1.82, 2.24) is 0 Å². The van der Waals surface area contributed by atoms with Crippen LogP contribution in [-0.2, 0) is 0 Å². The third-order valence-corrected chi connectivity index (χ3v) is 4.96. The Bertz CT molecular complexity index is 540. The van der Waals surface area contributed by atoms with Crippen LogP contribution >= 0.6 is 27.3 Å². The molecule has 0 saturated heterocycles. The fourth-order valence-corrected chi connectivity index (χ4v) is 3.82. The highest BCUT2D eigenvalue weighted by Crippen LogP contribution is 2.42. The van der Waals surface area contributed by atoms with Crippen LogP contribution in [0.25, 0.3) is 0 Å². The molecule has 0 saturated carbocycles. The summed E-state index contributed by atoms with van der Waals surface area (Å²) >= 11 is 5.26. The Kier molecular flexibility index (Phi) is 2.94. The maximum atomic E-state index is 6.20. The molecule has 17 heavy (non-hydrogen) atoms. The lowest BCUT2D eigenvalue weighted by Gasteiger charge is -2.29. The van der Waals surface area contributed by atoms with Crippen LogP contribution in [0.3, 0.4) is 0 Å². The third-order valence-electron chi connectivity index (χ3n) is 2.99. The van der Waals surface area contributed by atoms with Crippen LogP contribution < -0.4 is 10.5 Å². The molecular formula is C13H12BrNOS. The van der Waals surface area contributed by atoms with Crippen LogP contribution in [0.2, 0.25) is 0 Å². The van der Waals surface area contributed by atoms with Gasteiger partial charge in [-0.3, -0.25) is 0 Å². The molecule has 0 spiro atoms. The molecule has 1 aliphatic heterocycles. The zero-order valence-electron chi connectivity index (χ0n) is 9.10. The van der Waals surface area contributed by atoms with E-state index >= 15 is 0 Å². The zero-order valence-corrected chi connectivity index (χ0v) is 11.5. The molecule has 0 bridgehead atoms. The maximum absolute atomic E-state index is 6.20. The monoisotopic (exact) mass is 309 g/mol. The molecule has 2 heterocycles.